The van der Waals surface area contributed by atoms with Gasteiger partial charge in [-0.25, -0.2) is 0 Å². The molecule has 1 aliphatic rings. The lowest BCUT2D eigenvalue weighted by Crippen LogP contribution is -2.24. The maximum atomic E-state index is 12.9. The zero-order chi connectivity index (χ0) is 16.6. The molecule has 0 amide bonds. The second-order valence-corrected chi connectivity index (χ2v) is 5.44. The van der Waals surface area contributed by atoms with Crippen molar-refractivity contribution in [3.8, 4) is 11.3 Å². The molecule has 5 nitrogen and oxygen atoms in total. The summed E-state index contributed by atoms with van der Waals surface area (Å²) in [6.07, 6.45) is -1.89. The molecule has 122 valence electrons. The Kier molecular flexibility index (Phi) is 3.75. The Labute approximate surface area is 130 Å². The molecule has 0 atom stereocenters. The number of nitrogens with zero attached hydrogens (tertiary/aromatic N) is 2. The summed E-state index contributed by atoms with van der Waals surface area (Å²) in [4.78, 5) is 0. The largest absolute Gasteiger partial charge is 0.416 e. The van der Waals surface area contributed by atoms with Crippen LogP contribution in [0, 0.1) is 5.41 Å². The van der Waals surface area contributed by atoms with Crippen molar-refractivity contribution >= 4 is 11.8 Å². The summed E-state index contributed by atoms with van der Waals surface area (Å²) in [5.41, 5.74) is 6.44. The van der Waals surface area contributed by atoms with E-state index in [1.54, 1.807) is 6.07 Å². The Bertz CT molecular complexity index is 748. The van der Waals surface area contributed by atoms with Crippen molar-refractivity contribution in [1.82, 2.24) is 9.78 Å². The molecule has 23 heavy (non-hydrogen) atoms. The third kappa shape index (κ3) is 2.88. The van der Waals surface area contributed by atoms with Crippen LogP contribution in [0.15, 0.2) is 24.3 Å². The van der Waals surface area contributed by atoms with E-state index in [-0.39, 0.29) is 5.96 Å². The zero-order valence-electron chi connectivity index (χ0n) is 12.2. The van der Waals surface area contributed by atoms with E-state index >= 15 is 0 Å². The van der Waals surface area contributed by atoms with E-state index in [0.717, 1.165) is 30.5 Å². The van der Waals surface area contributed by atoms with Gasteiger partial charge >= 0.3 is 6.18 Å². The summed E-state index contributed by atoms with van der Waals surface area (Å²) in [6, 6.07) is 5.06. The van der Waals surface area contributed by atoms with E-state index in [1.165, 1.54) is 10.7 Å². The van der Waals surface area contributed by atoms with E-state index in [9.17, 15) is 13.2 Å². The van der Waals surface area contributed by atoms with Crippen LogP contribution in [0.2, 0.25) is 0 Å². The zero-order valence-corrected chi connectivity index (χ0v) is 12.2. The summed E-state index contributed by atoms with van der Waals surface area (Å²) >= 11 is 0. The van der Waals surface area contributed by atoms with Crippen LogP contribution in [0.5, 0.6) is 0 Å². The smallest absolute Gasteiger partial charge is 0.370 e. The maximum Gasteiger partial charge on any atom is 0.416 e. The first-order valence-electron chi connectivity index (χ1n) is 7.25. The molecule has 1 aromatic heterocycles. The highest BCUT2D eigenvalue weighted by atomic mass is 19.4. The van der Waals surface area contributed by atoms with Gasteiger partial charge in [0, 0.05) is 17.7 Å². The molecule has 0 saturated carbocycles. The van der Waals surface area contributed by atoms with E-state index in [2.05, 4.69) is 10.4 Å². The number of fused-ring (bicyclic) bond motifs is 1. The highest BCUT2D eigenvalue weighted by molar-refractivity contribution is 5.84. The fraction of sp³-hybridized carbons (Fsp3) is 0.333. The topological polar surface area (TPSA) is 79.7 Å². The maximum absolute atomic E-state index is 12.9. The van der Waals surface area contributed by atoms with Crippen LogP contribution in [-0.2, 0) is 12.6 Å². The minimum Gasteiger partial charge on any atom is -0.370 e. The molecule has 0 bridgehead atoms. The molecular weight excluding hydrogens is 307 g/mol. The van der Waals surface area contributed by atoms with Gasteiger partial charge in [-0.15, -0.1) is 0 Å². The van der Waals surface area contributed by atoms with Crippen molar-refractivity contribution in [2.75, 3.05) is 11.9 Å². The average molecular weight is 323 g/mol. The SMILES string of the molecule is N=C(N)n1nc(-c2cccc(C(F)(F)F)c2)c2c1NCCCC2. The molecule has 8 heteroatoms. The second kappa shape index (κ2) is 5.60. The molecule has 0 radical (unpaired) electrons. The van der Waals surface area contributed by atoms with Gasteiger partial charge in [-0.05, 0) is 31.4 Å². The van der Waals surface area contributed by atoms with Crippen LogP contribution in [0.4, 0.5) is 19.0 Å². The Hall–Kier alpha value is -2.51. The van der Waals surface area contributed by atoms with Gasteiger partial charge in [-0.2, -0.15) is 23.0 Å². The van der Waals surface area contributed by atoms with Crippen LogP contribution < -0.4 is 11.1 Å². The van der Waals surface area contributed by atoms with Crippen LogP contribution in [0.3, 0.4) is 0 Å². The molecule has 2 heterocycles. The Morgan fingerprint density at radius 2 is 2.09 bits per heavy atom. The summed E-state index contributed by atoms with van der Waals surface area (Å²) in [7, 11) is 0. The van der Waals surface area contributed by atoms with Gasteiger partial charge in [0.25, 0.3) is 0 Å². The highest BCUT2D eigenvalue weighted by Gasteiger charge is 2.31. The number of benzene rings is 1. The van der Waals surface area contributed by atoms with E-state index in [0.29, 0.717) is 30.0 Å². The Morgan fingerprint density at radius 1 is 1.30 bits per heavy atom. The predicted molar refractivity (Wildman–Crippen MR) is 81.4 cm³/mol. The number of hydrogen-bond donors (Lipinski definition) is 3. The summed E-state index contributed by atoms with van der Waals surface area (Å²) in [6.45, 7) is 0.716. The predicted octanol–water partition coefficient (Wildman–Crippen LogP) is 3.06. The number of aromatic nitrogens is 2. The van der Waals surface area contributed by atoms with Crippen molar-refractivity contribution in [3.05, 3.63) is 35.4 Å². The monoisotopic (exact) mass is 323 g/mol. The molecule has 4 N–H and O–H groups in total. The summed E-state index contributed by atoms with van der Waals surface area (Å²) < 4.78 is 40.0. The third-order valence-electron chi connectivity index (χ3n) is 3.82. The lowest BCUT2D eigenvalue weighted by atomic mass is 10.0. The van der Waals surface area contributed by atoms with Crippen molar-refractivity contribution in [3.63, 3.8) is 0 Å². The first-order chi connectivity index (χ1) is 10.9. The Morgan fingerprint density at radius 3 is 2.78 bits per heavy atom. The highest BCUT2D eigenvalue weighted by Crippen LogP contribution is 2.35. The molecule has 0 fully saturated rings. The molecule has 1 aliphatic heterocycles. The number of nitrogens with one attached hydrogen (secondary N) is 2. The van der Waals surface area contributed by atoms with E-state index in [4.69, 9.17) is 11.1 Å². The Balaban J connectivity index is 2.15. The van der Waals surface area contributed by atoms with Crippen molar-refractivity contribution in [1.29, 1.82) is 5.41 Å². The number of halogens is 3. The minimum absolute atomic E-state index is 0.270. The molecule has 0 spiro atoms. The van der Waals surface area contributed by atoms with Gasteiger partial charge in [0.1, 0.15) is 5.82 Å². The number of alkyl halides is 3. The summed E-state index contributed by atoms with van der Waals surface area (Å²) in [5.74, 6) is 0.330. The number of nitrogen functional groups attached to an aromatic ring is 1. The standard InChI is InChI=1S/C15H16F3N5/c16-15(17,18)10-5-3-4-9(8-10)12-11-6-1-2-7-21-13(11)23(22-12)14(19)20/h3-5,8,21H,1-2,6-7H2,(H3,19,20). The summed E-state index contributed by atoms with van der Waals surface area (Å²) in [5, 5.41) is 15.1. The van der Waals surface area contributed by atoms with Gasteiger partial charge in [0.2, 0.25) is 5.96 Å². The van der Waals surface area contributed by atoms with Gasteiger partial charge in [0.15, 0.2) is 0 Å². The van der Waals surface area contributed by atoms with Crippen molar-refractivity contribution in [2.24, 2.45) is 5.73 Å². The lowest BCUT2D eigenvalue weighted by Gasteiger charge is -2.08. The number of rotatable bonds is 1. The molecule has 0 saturated heterocycles. The number of nitrogens with two attached hydrogens (primary N) is 1. The third-order valence-corrected chi connectivity index (χ3v) is 3.82. The fourth-order valence-electron chi connectivity index (χ4n) is 2.75. The van der Waals surface area contributed by atoms with Gasteiger partial charge < -0.3 is 11.1 Å². The number of anilines is 1. The molecule has 1 aromatic carbocycles. The molecule has 2 aromatic rings. The minimum atomic E-state index is -4.41. The molecule has 0 unspecified atom stereocenters. The second-order valence-electron chi connectivity index (χ2n) is 5.44. The van der Waals surface area contributed by atoms with Crippen LogP contribution in [-0.4, -0.2) is 22.3 Å². The first-order valence-corrected chi connectivity index (χ1v) is 7.25. The van der Waals surface area contributed by atoms with E-state index in [1.807, 2.05) is 0 Å². The molecule has 3 rings (SSSR count). The van der Waals surface area contributed by atoms with Crippen molar-refractivity contribution < 1.29 is 13.2 Å². The van der Waals surface area contributed by atoms with Crippen molar-refractivity contribution in [2.45, 2.75) is 25.4 Å². The van der Waals surface area contributed by atoms with Crippen LogP contribution in [0.1, 0.15) is 24.0 Å². The normalized spacial score (nSPS) is 14.7. The molecular formula is C15H16F3N5. The number of hydrogen-bond acceptors (Lipinski definition) is 3. The van der Waals surface area contributed by atoms with Crippen LogP contribution >= 0.6 is 0 Å². The molecule has 0 aliphatic carbocycles. The van der Waals surface area contributed by atoms with Gasteiger partial charge in [-0.3, -0.25) is 5.41 Å². The quantitative estimate of drug-likeness (QED) is 0.557. The lowest BCUT2D eigenvalue weighted by molar-refractivity contribution is -0.137. The van der Waals surface area contributed by atoms with Gasteiger partial charge in [0.05, 0.1) is 11.3 Å². The first kappa shape index (κ1) is 15.4. The average Bonchev–Trinajstić information content (AvgIpc) is 2.69. The van der Waals surface area contributed by atoms with E-state index < -0.39 is 11.7 Å². The fourth-order valence-corrected chi connectivity index (χ4v) is 2.75. The van der Waals surface area contributed by atoms with Gasteiger partial charge in [-0.1, -0.05) is 12.1 Å². The van der Waals surface area contributed by atoms with Crippen LogP contribution in [0.25, 0.3) is 11.3 Å².